The summed E-state index contributed by atoms with van der Waals surface area (Å²) in [5.41, 5.74) is 3.43. The van der Waals surface area contributed by atoms with Crippen molar-refractivity contribution in [2.45, 2.75) is 25.9 Å². The van der Waals surface area contributed by atoms with Crippen LogP contribution in [0.25, 0.3) is 11.8 Å². The van der Waals surface area contributed by atoms with Crippen molar-refractivity contribution in [2.24, 2.45) is 0 Å². The van der Waals surface area contributed by atoms with E-state index in [2.05, 4.69) is 41.3 Å². The van der Waals surface area contributed by atoms with Gasteiger partial charge in [-0.1, -0.05) is 49.1 Å². The second-order valence-electron chi connectivity index (χ2n) is 6.47. The maximum atomic E-state index is 12.8. The van der Waals surface area contributed by atoms with Crippen LogP contribution >= 0.6 is 0 Å². The van der Waals surface area contributed by atoms with E-state index in [1.807, 2.05) is 37.4 Å². The summed E-state index contributed by atoms with van der Waals surface area (Å²) in [6.45, 7) is 7.67. The Morgan fingerprint density at radius 2 is 2.00 bits per heavy atom. The van der Waals surface area contributed by atoms with Gasteiger partial charge in [0.05, 0.1) is 11.5 Å². The monoisotopic (exact) mass is 351 g/mol. The fourth-order valence-corrected chi connectivity index (χ4v) is 2.61. The predicted octanol–water partition coefficient (Wildman–Crippen LogP) is 4.71. The summed E-state index contributed by atoms with van der Waals surface area (Å²) >= 11 is 0. The van der Waals surface area contributed by atoms with Crippen molar-refractivity contribution in [2.75, 3.05) is 7.05 Å². The molecule has 0 aliphatic carbocycles. The van der Waals surface area contributed by atoms with Crippen LogP contribution in [-0.4, -0.2) is 17.7 Å². The second kappa shape index (κ2) is 9.11. The summed E-state index contributed by atoms with van der Waals surface area (Å²) < 4.78 is 12.8. The summed E-state index contributed by atoms with van der Waals surface area (Å²) in [7, 11) is 1.92. The first-order valence-electron chi connectivity index (χ1n) is 8.58. The van der Waals surface area contributed by atoms with Gasteiger partial charge in [0, 0.05) is 30.1 Å². The topological polar surface area (TPSA) is 37.0 Å². The molecule has 136 valence electrons. The van der Waals surface area contributed by atoms with Gasteiger partial charge < -0.3 is 5.32 Å². The normalized spacial score (nSPS) is 14.2. The number of hydrogen-bond acceptors (Lipinski definition) is 3. The first-order chi connectivity index (χ1) is 12.4. The first-order valence-corrected chi connectivity index (χ1v) is 8.58. The average Bonchev–Trinajstić information content (AvgIpc) is 2.62. The quantitative estimate of drug-likeness (QED) is 0.534. The van der Waals surface area contributed by atoms with Crippen LogP contribution in [0.3, 0.4) is 0 Å². The fourth-order valence-electron chi connectivity index (χ4n) is 2.61. The molecule has 0 unspecified atom stereocenters. The molecule has 1 aromatic heterocycles. The Kier molecular flexibility index (Phi) is 6.87. The van der Waals surface area contributed by atoms with Crippen molar-refractivity contribution >= 4 is 11.8 Å². The van der Waals surface area contributed by atoms with Crippen LogP contribution in [0.15, 0.2) is 73.3 Å². The molecule has 1 aromatic carbocycles. The highest BCUT2D eigenvalue weighted by Gasteiger charge is 2.23. The molecular weight excluding hydrogens is 325 g/mol. The number of nitrogens with one attached hydrogen (secondary N) is 2. The Labute approximate surface area is 155 Å². The number of halogens is 1. The predicted molar refractivity (Wildman–Crippen MR) is 108 cm³/mol. The third-order valence-electron chi connectivity index (χ3n) is 4.10. The van der Waals surface area contributed by atoms with Gasteiger partial charge >= 0.3 is 0 Å². The number of likely N-dealkylation sites (N-methyl/N-ethyl adjacent to an activating group) is 1. The number of aromatic nitrogens is 1. The molecule has 3 nitrogen and oxygen atoms in total. The molecule has 0 fully saturated rings. The lowest BCUT2D eigenvalue weighted by Crippen LogP contribution is -2.53. The Morgan fingerprint density at radius 1 is 1.27 bits per heavy atom. The SMILES string of the molecule is C=C(N[C@](C)(Cc1ccccc1)NC)c1cncc(/C=C\C=C(/C)F)c1. The van der Waals surface area contributed by atoms with Crippen LogP contribution < -0.4 is 10.6 Å². The highest BCUT2D eigenvalue weighted by atomic mass is 19.1. The van der Waals surface area contributed by atoms with E-state index in [1.54, 1.807) is 18.5 Å². The van der Waals surface area contributed by atoms with Crippen LogP contribution in [-0.2, 0) is 6.42 Å². The number of benzene rings is 1. The highest BCUT2D eigenvalue weighted by molar-refractivity contribution is 5.65. The molecule has 1 atom stereocenters. The van der Waals surface area contributed by atoms with Crippen molar-refractivity contribution in [3.63, 3.8) is 0 Å². The van der Waals surface area contributed by atoms with E-state index in [9.17, 15) is 4.39 Å². The van der Waals surface area contributed by atoms with E-state index >= 15 is 0 Å². The van der Waals surface area contributed by atoms with Crippen molar-refractivity contribution in [1.29, 1.82) is 0 Å². The van der Waals surface area contributed by atoms with E-state index < -0.39 is 0 Å². The van der Waals surface area contributed by atoms with Crippen molar-refractivity contribution < 1.29 is 4.39 Å². The zero-order chi connectivity index (χ0) is 19.0. The molecule has 1 heterocycles. The number of allylic oxidation sites excluding steroid dienone is 3. The molecule has 0 saturated carbocycles. The van der Waals surface area contributed by atoms with Gasteiger partial charge in [-0.25, -0.2) is 4.39 Å². The van der Waals surface area contributed by atoms with Gasteiger partial charge in [0.2, 0.25) is 0 Å². The van der Waals surface area contributed by atoms with Crippen molar-refractivity contribution in [1.82, 2.24) is 15.6 Å². The van der Waals surface area contributed by atoms with E-state index in [0.29, 0.717) is 0 Å². The number of hydrogen-bond donors (Lipinski definition) is 2. The molecule has 2 rings (SSSR count). The maximum Gasteiger partial charge on any atom is 0.0968 e. The molecule has 2 N–H and O–H groups in total. The third-order valence-corrected chi connectivity index (χ3v) is 4.10. The Bertz CT molecular complexity index is 792. The summed E-state index contributed by atoms with van der Waals surface area (Å²) in [4.78, 5) is 4.26. The summed E-state index contributed by atoms with van der Waals surface area (Å²) in [6.07, 6.45) is 9.19. The van der Waals surface area contributed by atoms with Gasteiger partial charge in [0.1, 0.15) is 0 Å². The molecule has 0 amide bonds. The molecule has 2 aromatic rings. The van der Waals surface area contributed by atoms with E-state index in [-0.39, 0.29) is 11.5 Å². The van der Waals surface area contributed by atoms with Gasteiger partial charge in [-0.15, -0.1) is 0 Å². The van der Waals surface area contributed by atoms with Crippen LogP contribution in [0.1, 0.15) is 30.5 Å². The van der Waals surface area contributed by atoms with Gasteiger partial charge in [0.25, 0.3) is 0 Å². The first kappa shape index (κ1) is 19.6. The lowest BCUT2D eigenvalue weighted by Gasteiger charge is -2.33. The molecular formula is C22H26FN3. The van der Waals surface area contributed by atoms with Gasteiger partial charge in [0.15, 0.2) is 0 Å². The minimum atomic E-state index is -0.349. The number of rotatable bonds is 8. The number of nitrogens with zero attached hydrogens (tertiary/aromatic N) is 1. The minimum Gasteiger partial charge on any atom is -0.367 e. The summed E-state index contributed by atoms with van der Waals surface area (Å²) in [6, 6.07) is 12.3. The van der Waals surface area contributed by atoms with Gasteiger partial charge in [-0.2, -0.15) is 0 Å². The van der Waals surface area contributed by atoms with Crippen LogP contribution in [0.2, 0.25) is 0 Å². The molecule has 26 heavy (non-hydrogen) atoms. The van der Waals surface area contributed by atoms with Gasteiger partial charge in [-0.3, -0.25) is 10.3 Å². The molecule has 0 aliphatic heterocycles. The maximum absolute atomic E-state index is 12.8. The standard InChI is InChI=1S/C22H26FN3/c1-17(23)9-8-12-20-13-21(16-25-15-20)18(2)26-22(3,24-4)14-19-10-6-5-7-11-19/h5-13,15-16,24,26H,2,14H2,1,3-4H3/b12-8-,17-9+/t22-/m1/s1. The van der Waals surface area contributed by atoms with Gasteiger partial charge in [-0.05, 0) is 44.2 Å². The largest absolute Gasteiger partial charge is 0.367 e. The van der Waals surface area contributed by atoms with E-state index in [1.165, 1.54) is 18.6 Å². The zero-order valence-electron chi connectivity index (χ0n) is 15.6. The lowest BCUT2D eigenvalue weighted by molar-refractivity contribution is 0.346. The van der Waals surface area contributed by atoms with E-state index in [4.69, 9.17) is 0 Å². The number of pyridine rings is 1. The lowest BCUT2D eigenvalue weighted by atomic mass is 10.00. The van der Waals surface area contributed by atoms with Crippen LogP contribution in [0, 0.1) is 0 Å². The molecule has 0 aliphatic rings. The summed E-state index contributed by atoms with van der Waals surface area (Å²) in [5, 5.41) is 6.80. The minimum absolute atomic E-state index is 0.234. The smallest absolute Gasteiger partial charge is 0.0968 e. The summed E-state index contributed by atoms with van der Waals surface area (Å²) in [5.74, 6) is -0.234. The molecule has 0 radical (unpaired) electrons. The van der Waals surface area contributed by atoms with Crippen molar-refractivity contribution in [3.05, 3.63) is 90.0 Å². The van der Waals surface area contributed by atoms with Crippen molar-refractivity contribution in [3.8, 4) is 0 Å². The fraction of sp³-hybridized carbons (Fsp3) is 0.227. The van der Waals surface area contributed by atoms with E-state index in [0.717, 1.165) is 23.2 Å². The molecule has 4 heteroatoms. The van der Waals surface area contributed by atoms with Crippen LogP contribution in [0.5, 0.6) is 0 Å². The molecule has 0 bridgehead atoms. The third kappa shape index (κ3) is 5.97. The second-order valence-corrected chi connectivity index (χ2v) is 6.47. The Balaban J connectivity index is 2.12. The molecule has 0 spiro atoms. The zero-order valence-corrected chi connectivity index (χ0v) is 15.6. The molecule has 0 saturated heterocycles. The Morgan fingerprint density at radius 3 is 2.65 bits per heavy atom. The Hall–Kier alpha value is -2.72. The van der Waals surface area contributed by atoms with Crippen LogP contribution in [0.4, 0.5) is 4.39 Å². The average molecular weight is 351 g/mol. The highest BCUT2D eigenvalue weighted by Crippen LogP contribution is 2.17.